The van der Waals surface area contributed by atoms with E-state index in [0.29, 0.717) is 27.7 Å². The Morgan fingerprint density at radius 2 is 1.38 bits per heavy atom. The number of hydrogen-bond donors (Lipinski definition) is 0. The van der Waals surface area contributed by atoms with Gasteiger partial charge in [-0.2, -0.15) is 0 Å². The lowest BCUT2D eigenvalue weighted by Gasteiger charge is -2.35. The van der Waals surface area contributed by atoms with Crippen LogP contribution in [0.5, 0.6) is 11.5 Å². The predicted molar refractivity (Wildman–Crippen MR) is 131 cm³/mol. The molecule has 0 N–H and O–H groups in total. The van der Waals surface area contributed by atoms with Crippen LogP contribution in [0.3, 0.4) is 0 Å². The van der Waals surface area contributed by atoms with Gasteiger partial charge in [-0.25, -0.2) is 4.79 Å². The molecule has 0 saturated heterocycles. The summed E-state index contributed by atoms with van der Waals surface area (Å²) in [4.78, 5) is 26.7. The molecule has 178 valence electrons. The number of carbonyl (C=O) groups excluding carboxylic acids is 2. The SMILES string of the molecule is CCOC(=O)C(=O)N(C)C(c1ccc(OC)c(OC)c1)P(=O)(c1ccccc1)c1ccccc1. The fourth-order valence-electron chi connectivity index (χ4n) is 3.87. The molecule has 0 heterocycles. The van der Waals surface area contributed by atoms with E-state index in [2.05, 4.69) is 0 Å². The topological polar surface area (TPSA) is 82.1 Å². The van der Waals surface area contributed by atoms with Crippen molar-refractivity contribution in [2.75, 3.05) is 27.9 Å². The van der Waals surface area contributed by atoms with Gasteiger partial charge < -0.3 is 23.7 Å². The van der Waals surface area contributed by atoms with E-state index in [0.717, 1.165) is 0 Å². The van der Waals surface area contributed by atoms with Crippen LogP contribution in [0, 0.1) is 0 Å². The van der Waals surface area contributed by atoms with Gasteiger partial charge in [0.2, 0.25) is 0 Å². The molecule has 1 unspecified atom stereocenters. The quantitative estimate of drug-likeness (QED) is 0.277. The van der Waals surface area contributed by atoms with Crippen LogP contribution in [0.15, 0.2) is 78.9 Å². The lowest BCUT2D eigenvalue weighted by atomic mass is 10.2. The highest BCUT2D eigenvalue weighted by molar-refractivity contribution is 7.79. The molecule has 0 radical (unpaired) electrons. The van der Waals surface area contributed by atoms with Crippen LogP contribution in [-0.2, 0) is 18.9 Å². The number of benzene rings is 3. The van der Waals surface area contributed by atoms with Crippen molar-refractivity contribution in [2.24, 2.45) is 0 Å². The number of amides is 1. The minimum absolute atomic E-state index is 0.0501. The second-order valence-electron chi connectivity index (χ2n) is 7.45. The van der Waals surface area contributed by atoms with Crippen molar-refractivity contribution in [3.05, 3.63) is 84.4 Å². The Labute approximate surface area is 199 Å². The Balaban J connectivity index is 2.31. The number of esters is 1. The summed E-state index contributed by atoms with van der Waals surface area (Å²) in [7, 11) is 0.896. The highest BCUT2D eigenvalue weighted by Crippen LogP contribution is 2.59. The molecule has 3 aromatic rings. The summed E-state index contributed by atoms with van der Waals surface area (Å²) < 4.78 is 31.0. The molecule has 1 atom stereocenters. The summed E-state index contributed by atoms with van der Waals surface area (Å²) in [5.74, 6) is -2.03. The Morgan fingerprint density at radius 1 is 0.853 bits per heavy atom. The second-order valence-corrected chi connectivity index (χ2v) is 10.3. The van der Waals surface area contributed by atoms with Crippen LogP contribution in [0.1, 0.15) is 18.3 Å². The van der Waals surface area contributed by atoms with Gasteiger partial charge in [-0.05, 0) is 24.6 Å². The average Bonchev–Trinajstić information content (AvgIpc) is 2.89. The first-order valence-electron chi connectivity index (χ1n) is 10.7. The van der Waals surface area contributed by atoms with E-state index >= 15 is 4.57 Å². The standard InChI is InChI=1S/C26H28NO6P/c1-5-33-26(29)24(28)27(2)25(19-16-17-22(31-3)23(18-19)32-4)34(30,20-12-8-6-9-13-20)21-14-10-7-11-15-21/h6-18,25H,5H2,1-4H3. The number of likely N-dealkylation sites (N-methyl/N-ethyl adjacent to an activating group) is 1. The first-order valence-corrected chi connectivity index (χ1v) is 12.5. The fourth-order valence-corrected chi connectivity index (χ4v) is 7.14. The zero-order chi connectivity index (χ0) is 24.7. The van der Waals surface area contributed by atoms with Crippen molar-refractivity contribution >= 4 is 29.6 Å². The highest BCUT2D eigenvalue weighted by atomic mass is 31.2. The molecule has 0 saturated carbocycles. The van der Waals surface area contributed by atoms with Gasteiger partial charge in [0.25, 0.3) is 0 Å². The summed E-state index contributed by atoms with van der Waals surface area (Å²) >= 11 is 0. The van der Waals surface area contributed by atoms with Crippen molar-refractivity contribution in [3.63, 3.8) is 0 Å². The van der Waals surface area contributed by atoms with Gasteiger partial charge in [-0.15, -0.1) is 0 Å². The maximum Gasteiger partial charge on any atom is 0.397 e. The lowest BCUT2D eigenvalue weighted by Crippen LogP contribution is -2.40. The third-order valence-electron chi connectivity index (χ3n) is 5.47. The van der Waals surface area contributed by atoms with E-state index in [1.165, 1.54) is 26.2 Å². The first-order chi connectivity index (χ1) is 16.4. The molecule has 0 aliphatic heterocycles. The molecule has 3 aromatic carbocycles. The van der Waals surface area contributed by atoms with E-state index in [1.54, 1.807) is 73.7 Å². The molecule has 3 rings (SSSR count). The average molecular weight is 481 g/mol. The van der Waals surface area contributed by atoms with Crippen molar-refractivity contribution in [3.8, 4) is 11.5 Å². The van der Waals surface area contributed by atoms with Crippen LogP contribution in [0.25, 0.3) is 0 Å². The molecule has 7 nitrogen and oxygen atoms in total. The highest BCUT2D eigenvalue weighted by Gasteiger charge is 2.43. The first kappa shape index (κ1) is 25.1. The van der Waals surface area contributed by atoms with Crippen LogP contribution in [-0.4, -0.2) is 44.7 Å². The minimum Gasteiger partial charge on any atom is -0.493 e. The second kappa shape index (κ2) is 11.0. The van der Waals surface area contributed by atoms with E-state index in [4.69, 9.17) is 14.2 Å². The number of carbonyl (C=O) groups is 2. The van der Waals surface area contributed by atoms with Gasteiger partial charge in [0, 0.05) is 17.7 Å². The maximum atomic E-state index is 15.2. The maximum absolute atomic E-state index is 15.2. The zero-order valence-corrected chi connectivity index (χ0v) is 20.5. The van der Waals surface area contributed by atoms with Crippen LogP contribution in [0.2, 0.25) is 0 Å². The van der Waals surface area contributed by atoms with Crippen molar-refractivity contribution in [1.82, 2.24) is 4.90 Å². The Hall–Kier alpha value is -3.57. The molecule has 0 fully saturated rings. The number of ether oxygens (including phenoxy) is 3. The molecule has 0 aliphatic rings. The summed E-state index contributed by atoms with van der Waals surface area (Å²) in [5, 5.41) is 1.09. The Bertz CT molecular complexity index is 1140. The number of methoxy groups -OCH3 is 2. The molecule has 34 heavy (non-hydrogen) atoms. The molecule has 0 bridgehead atoms. The number of nitrogens with zero attached hydrogens (tertiary/aromatic N) is 1. The molecule has 0 aromatic heterocycles. The van der Waals surface area contributed by atoms with Gasteiger partial charge in [0.15, 0.2) is 18.6 Å². The zero-order valence-electron chi connectivity index (χ0n) is 19.6. The third kappa shape index (κ3) is 4.85. The normalized spacial score (nSPS) is 11.9. The van der Waals surface area contributed by atoms with Gasteiger partial charge in [-0.3, -0.25) is 4.79 Å². The van der Waals surface area contributed by atoms with Gasteiger partial charge in [0.1, 0.15) is 5.78 Å². The molecule has 0 spiro atoms. The molecule has 8 heteroatoms. The smallest absolute Gasteiger partial charge is 0.397 e. The predicted octanol–water partition coefficient (Wildman–Crippen LogP) is 3.74. The van der Waals surface area contributed by atoms with Gasteiger partial charge >= 0.3 is 11.9 Å². The third-order valence-corrected chi connectivity index (χ3v) is 8.93. The molecule has 1 amide bonds. The number of hydrogen-bond acceptors (Lipinski definition) is 6. The summed E-state index contributed by atoms with van der Waals surface area (Å²) in [6, 6.07) is 23.0. The minimum atomic E-state index is -3.58. The van der Waals surface area contributed by atoms with E-state index in [-0.39, 0.29) is 6.61 Å². The van der Waals surface area contributed by atoms with Gasteiger partial charge in [-0.1, -0.05) is 66.7 Å². The molecular weight excluding hydrogens is 453 g/mol. The van der Waals surface area contributed by atoms with Gasteiger partial charge in [0.05, 0.1) is 20.8 Å². The monoisotopic (exact) mass is 481 g/mol. The van der Waals surface area contributed by atoms with Crippen LogP contribution >= 0.6 is 7.14 Å². The summed E-state index contributed by atoms with van der Waals surface area (Å²) in [6.07, 6.45) is 0. The summed E-state index contributed by atoms with van der Waals surface area (Å²) in [6.45, 7) is 1.67. The summed E-state index contributed by atoms with van der Waals surface area (Å²) in [5.41, 5.74) is 0.522. The molecular formula is C26H28NO6P. The van der Waals surface area contributed by atoms with Crippen molar-refractivity contribution in [2.45, 2.75) is 12.7 Å². The van der Waals surface area contributed by atoms with E-state index in [9.17, 15) is 9.59 Å². The van der Waals surface area contributed by atoms with Crippen molar-refractivity contribution in [1.29, 1.82) is 0 Å². The molecule has 0 aliphatic carbocycles. The van der Waals surface area contributed by atoms with E-state index in [1.807, 2.05) is 12.1 Å². The fraction of sp³-hybridized carbons (Fsp3) is 0.231. The van der Waals surface area contributed by atoms with Crippen LogP contribution < -0.4 is 20.1 Å². The van der Waals surface area contributed by atoms with Crippen molar-refractivity contribution < 1.29 is 28.4 Å². The number of rotatable bonds is 8. The Kier molecular flexibility index (Phi) is 8.13. The van der Waals surface area contributed by atoms with E-state index < -0.39 is 24.8 Å². The van der Waals surface area contributed by atoms with Crippen LogP contribution in [0.4, 0.5) is 0 Å². The Morgan fingerprint density at radius 3 is 1.85 bits per heavy atom. The lowest BCUT2D eigenvalue weighted by molar-refractivity contribution is -0.159. The largest absolute Gasteiger partial charge is 0.493 e.